The molecule has 4 aliphatic carbocycles. The van der Waals surface area contributed by atoms with Crippen molar-refractivity contribution >= 4 is 0 Å². The molecule has 1 N–H and O–H groups in total. The Hall–Kier alpha value is -1.28. The number of aliphatic hydroxyl groups is 1. The van der Waals surface area contributed by atoms with Gasteiger partial charge in [-0.05, 0) is 55.9 Å². The van der Waals surface area contributed by atoms with Gasteiger partial charge in [-0.25, -0.2) is 0 Å². The van der Waals surface area contributed by atoms with E-state index in [1.165, 1.54) is 12.0 Å². The lowest BCUT2D eigenvalue weighted by molar-refractivity contribution is 0.0367. The maximum atomic E-state index is 10.5. The van der Waals surface area contributed by atoms with Crippen LogP contribution in [0.4, 0.5) is 0 Å². The number of allylic oxidation sites excluding steroid dienone is 4. The van der Waals surface area contributed by atoms with Gasteiger partial charge in [-0.15, -0.1) is 6.58 Å². The van der Waals surface area contributed by atoms with Gasteiger partial charge in [-0.3, -0.25) is 0 Å². The molecule has 0 spiro atoms. The van der Waals surface area contributed by atoms with Gasteiger partial charge < -0.3 is 9.84 Å². The van der Waals surface area contributed by atoms with E-state index in [4.69, 9.17) is 4.74 Å². The highest BCUT2D eigenvalue weighted by atomic mass is 16.5. The van der Waals surface area contributed by atoms with Gasteiger partial charge in [0.1, 0.15) is 0 Å². The van der Waals surface area contributed by atoms with Crippen LogP contribution in [0.3, 0.4) is 0 Å². The summed E-state index contributed by atoms with van der Waals surface area (Å²) in [6, 6.07) is 0. The third-order valence-electron chi connectivity index (χ3n) is 7.07. The van der Waals surface area contributed by atoms with Crippen LogP contribution >= 0.6 is 0 Å². The molecule has 1 fully saturated rings. The Morgan fingerprint density at radius 2 is 2.22 bits per heavy atom. The van der Waals surface area contributed by atoms with E-state index < -0.39 is 0 Å². The van der Waals surface area contributed by atoms with Crippen molar-refractivity contribution in [3.63, 3.8) is 0 Å². The Labute approximate surface area is 139 Å². The van der Waals surface area contributed by atoms with Crippen LogP contribution in [-0.2, 0) is 4.74 Å². The Balaban J connectivity index is 1.72. The molecular weight excluding hydrogens is 284 g/mol. The molecule has 2 heteroatoms. The maximum Gasteiger partial charge on any atom is 0.0959 e. The van der Waals surface area contributed by atoms with Crippen LogP contribution in [-0.4, -0.2) is 18.3 Å². The number of fused-ring (bicyclic) bond motifs is 4. The Morgan fingerprint density at radius 3 is 2.96 bits per heavy atom. The van der Waals surface area contributed by atoms with Gasteiger partial charge in [0.25, 0.3) is 0 Å². The zero-order valence-electron chi connectivity index (χ0n) is 14.3. The molecule has 0 aliphatic heterocycles. The lowest BCUT2D eigenvalue weighted by Gasteiger charge is -2.51. The molecule has 0 heterocycles. The first kappa shape index (κ1) is 15.3. The highest BCUT2D eigenvalue weighted by molar-refractivity contribution is 5.40. The molecule has 0 saturated heterocycles. The second-order valence-electron chi connectivity index (χ2n) is 7.99. The van der Waals surface area contributed by atoms with Crippen LogP contribution in [0.25, 0.3) is 0 Å². The minimum Gasteiger partial charge on any atom is -0.501 e. The summed E-state index contributed by atoms with van der Waals surface area (Å²) in [6.45, 7) is 6.43. The number of rotatable bonds is 2. The fourth-order valence-corrected chi connectivity index (χ4v) is 5.70. The van der Waals surface area contributed by atoms with Crippen molar-refractivity contribution in [1.82, 2.24) is 0 Å². The minimum atomic E-state index is -0.189. The van der Waals surface area contributed by atoms with E-state index in [9.17, 15) is 5.11 Å². The molecule has 0 aromatic heterocycles. The van der Waals surface area contributed by atoms with Crippen molar-refractivity contribution < 1.29 is 9.84 Å². The average molecular weight is 312 g/mol. The SMILES string of the molecule is C=C[C@@H]1CC2=C(CC=C(OC)C2)[C@H]2CC[C@@]3(C)C(=CC[C@@H]3O)[C@H]12. The summed E-state index contributed by atoms with van der Waals surface area (Å²) in [6.07, 6.45) is 12.9. The first-order valence-electron chi connectivity index (χ1n) is 9.03. The largest absolute Gasteiger partial charge is 0.501 e. The molecule has 4 rings (SSSR count). The first-order chi connectivity index (χ1) is 11.1. The smallest absolute Gasteiger partial charge is 0.0959 e. The van der Waals surface area contributed by atoms with Crippen molar-refractivity contribution in [2.24, 2.45) is 23.2 Å². The van der Waals surface area contributed by atoms with Gasteiger partial charge in [0.2, 0.25) is 0 Å². The van der Waals surface area contributed by atoms with Crippen molar-refractivity contribution in [2.45, 2.75) is 51.6 Å². The molecule has 0 amide bonds. The normalized spacial score (nSPS) is 42.2. The van der Waals surface area contributed by atoms with Gasteiger partial charge >= 0.3 is 0 Å². The van der Waals surface area contributed by atoms with E-state index in [0.717, 1.165) is 37.9 Å². The summed E-state index contributed by atoms with van der Waals surface area (Å²) in [7, 11) is 1.78. The summed E-state index contributed by atoms with van der Waals surface area (Å²) >= 11 is 0. The zero-order chi connectivity index (χ0) is 16.2. The molecule has 0 unspecified atom stereocenters. The topological polar surface area (TPSA) is 29.5 Å². The van der Waals surface area contributed by atoms with Gasteiger partial charge in [-0.1, -0.05) is 35.8 Å². The zero-order valence-corrected chi connectivity index (χ0v) is 14.3. The third kappa shape index (κ3) is 2.11. The summed E-state index contributed by atoms with van der Waals surface area (Å²) in [5.41, 5.74) is 4.79. The number of ether oxygens (including phenoxy) is 1. The fraction of sp³-hybridized carbons (Fsp3) is 0.619. The van der Waals surface area contributed by atoms with Gasteiger partial charge in [-0.2, -0.15) is 0 Å². The predicted molar refractivity (Wildman–Crippen MR) is 92.7 cm³/mol. The van der Waals surface area contributed by atoms with Crippen LogP contribution in [0.1, 0.15) is 45.4 Å². The summed E-state index contributed by atoms with van der Waals surface area (Å²) in [5.74, 6) is 2.83. The van der Waals surface area contributed by atoms with E-state index in [0.29, 0.717) is 17.8 Å². The van der Waals surface area contributed by atoms with Crippen LogP contribution in [0.5, 0.6) is 0 Å². The molecule has 124 valence electrons. The van der Waals surface area contributed by atoms with Gasteiger partial charge in [0.05, 0.1) is 19.0 Å². The minimum absolute atomic E-state index is 0.00266. The highest BCUT2D eigenvalue weighted by Gasteiger charge is 2.52. The lowest BCUT2D eigenvalue weighted by Crippen LogP contribution is -2.44. The number of hydrogen-bond donors (Lipinski definition) is 1. The number of hydrogen-bond acceptors (Lipinski definition) is 2. The number of aliphatic hydroxyl groups excluding tert-OH is 1. The Morgan fingerprint density at radius 1 is 1.39 bits per heavy atom. The molecular formula is C21H28O2. The molecule has 0 aromatic carbocycles. The van der Waals surface area contributed by atoms with Gasteiger partial charge in [0.15, 0.2) is 0 Å². The maximum absolute atomic E-state index is 10.5. The van der Waals surface area contributed by atoms with Crippen LogP contribution in [0.2, 0.25) is 0 Å². The van der Waals surface area contributed by atoms with Crippen LogP contribution in [0, 0.1) is 23.2 Å². The second kappa shape index (κ2) is 5.37. The standard InChI is InChI=1S/C21H28O2/c1-4-13-11-14-12-15(23-3)5-6-16(14)17-9-10-21(2)18(20(13)17)7-8-19(21)22/h4-5,7,13,17,19-20,22H,1,6,8-12H2,2-3H3/t13-,17-,19+,20-,21+/m1/s1. The molecule has 1 saturated carbocycles. The summed E-state index contributed by atoms with van der Waals surface area (Å²) in [5, 5.41) is 10.5. The second-order valence-corrected chi connectivity index (χ2v) is 7.99. The van der Waals surface area contributed by atoms with Gasteiger partial charge in [0, 0.05) is 11.8 Å². The molecule has 2 nitrogen and oxygen atoms in total. The van der Waals surface area contributed by atoms with E-state index in [2.05, 4.69) is 31.7 Å². The Bertz CT molecular complexity index is 624. The molecule has 23 heavy (non-hydrogen) atoms. The first-order valence-corrected chi connectivity index (χ1v) is 9.03. The highest BCUT2D eigenvalue weighted by Crippen LogP contribution is 2.60. The quantitative estimate of drug-likeness (QED) is 0.759. The van der Waals surface area contributed by atoms with E-state index in [1.807, 2.05) is 0 Å². The molecule has 5 atom stereocenters. The molecule has 0 radical (unpaired) electrons. The fourth-order valence-electron chi connectivity index (χ4n) is 5.70. The van der Waals surface area contributed by atoms with E-state index in [1.54, 1.807) is 18.3 Å². The average Bonchev–Trinajstić information content (AvgIpc) is 2.88. The molecule has 0 bridgehead atoms. The predicted octanol–water partition coefficient (Wildman–Crippen LogP) is 4.54. The van der Waals surface area contributed by atoms with E-state index in [-0.39, 0.29) is 11.5 Å². The lowest BCUT2D eigenvalue weighted by atomic mass is 9.54. The van der Waals surface area contributed by atoms with Crippen LogP contribution < -0.4 is 0 Å². The van der Waals surface area contributed by atoms with Crippen molar-refractivity contribution in [2.75, 3.05) is 7.11 Å². The summed E-state index contributed by atoms with van der Waals surface area (Å²) < 4.78 is 5.50. The van der Waals surface area contributed by atoms with E-state index >= 15 is 0 Å². The van der Waals surface area contributed by atoms with Crippen molar-refractivity contribution in [3.8, 4) is 0 Å². The monoisotopic (exact) mass is 312 g/mol. The van der Waals surface area contributed by atoms with Crippen molar-refractivity contribution in [1.29, 1.82) is 0 Å². The summed E-state index contributed by atoms with van der Waals surface area (Å²) in [4.78, 5) is 0. The molecule has 4 aliphatic rings. The van der Waals surface area contributed by atoms with Crippen LogP contribution in [0.15, 0.2) is 47.3 Å². The molecule has 0 aromatic rings. The third-order valence-corrected chi connectivity index (χ3v) is 7.07. The Kier molecular flexibility index (Phi) is 3.57. The van der Waals surface area contributed by atoms with Crippen molar-refractivity contribution in [3.05, 3.63) is 47.3 Å². The number of methoxy groups -OCH3 is 1.